The molecule has 1 unspecified atom stereocenters. The highest BCUT2D eigenvalue weighted by atomic mass is 35.5. The van der Waals surface area contributed by atoms with E-state index in [4.69, 9.17) is 13.9 Å². The van der Waals surface area contributed by atoms with Crippen LogP contribution in [0.25, 0.3) is 11.3 Å². The van der Waals surface area contributed by atoms with E-state index in [-0.39, 0.29) is 36.8 Å². The van der Waals surface area contributed by atoms with E-state index in [1.165, 1.54) is 6.39 Å². The second kappa shape index (κ2) is 8.62. The lowest BCUT2D eigenvalue weighted by Gasteiger charge is -2.31. The molecule has 1 aromatic carbocycles. The Bertz CT molecular complexity index is 768. The largest absolute Gasteiger partial charge is 0.486 e. The molecule has 1 saturated heterocycles. The third-order valence-corrected chi connectivity index (χ3v) is 4.23. The molecule has 0 aliphatic carbocycles. The third-order valence-electron chi connectivity index (χ3n) is 4.23. The quantitative estimate of drug-likeness (QED) is 0.832. The van der Waals surface area contributed by atoms with Crippen LogP contribution in [0.2, 0.25) is 0 Å². The Labute approximate surface area is 163 Å². The monoisotopic (exact) mass is 401 g/mol. The number of benzene rings is 1. The zero-order valence-corrected chi connectivity index (χ0v) is 15.9. The number of oxazole rings is 1. The molecule has 1 amide bonds. The fourth-order valence-electron chi connectivity index (χ4n) is 3.05. The second-order valence-electron chi connectivity index (χ2n) is 5.99. The Morgan fingerprint density at radius 3 is 2.77 bits per heavy atom. The molecule has 1 aromatic heterocycles. The van der Waals surface area contributed by atoms with Crippen molar-refractivity contribution in [1.29, 1.82) is 0 Å². The van der Waals surface area contributed by atoms with Gasteiger partial charge < -0.3 is 24.1 Å². The van der Waals surface area contributed by atoms with E-state index >= 15 is 0 Å². The van der Waals surface area contributed by atoms with Gasteiger partial charge in [0.15, 0.2) is 29.3 Å². The van der Waals surface area contributed by atoms with E-state index in [9.17, 15) is 4.79 Å². The van der Waals surface area contributed by atoms with Crippen LogP contribution in [0.5, 0.6) is 11.5 Å². The van der Waals surface area contributed by atoms with Crippen LogP contribution in [0.1, 0.15) is 17.4 Å². The zero-order chi connectivity index (χ0) is 16.5. The van der Waals surface area contributed by atoms with Gasteiger partial charge in [0, 0.05) is 31.2 Å². The smallest absolute Gasteiger partial charge is 0.276 e. The highest BCUT2D eigenvalue weighted by Gasteiger charge is 2.27. The third kappa shape index (κ3) is 3.90. The van der Waals surface area contributed by atoms with Crippen molar-refractivity contribution in [3.8, 4) is 22.8 Å². The van der Waals surface area contributed by atoms with Crippen molar-refractivity contribution >= 4 is 30.7 Å². The predicted octanol–water partition coefficient (Wildman–Crippen LogP) is 2.39. The molecule has 2 aliphatic heterocycles. The van der Waals surface area contributed by atoms with Crippen LogP contribution in [-0.2, 0) is 0 Å². The summed E-state index contributed by atoms with van der Waals surface area (Å²) in [4.78, 5) is 18.8. The summed E-state index contributed by atoms with van der Waals surface area (Å²) in [6, 6.07) is 5.78. The molecule has 0 radical (unpaired) electrons. The molecule has 1 N–H and O–H groups in total. The Kier molecular flexibility index (Phi) is 6.75. The summed E-state index contributed by atoms with van der Waals surface area (Å²) in [5.41, 5.74) is 1.09. The minimum Gasteiger partial charge on any atom is -0.486 e. The number of amides is 1. The van der Waals surface area contributed by atoms with E-state index < -0.39 is 0 Å². The number of nitrogens with zero attached hydrogens (tertiary/aromatic N) is 2. The number of hydrogen-bond donors (Lipinski definition) is 1. The summed E-state index contributed by atoms with van der Waals surface area (Å²) < 4.78 is 16.6. The molecule has 0 bridgehead atoms. The number of carbonyl (C=O) groups excluding carboxylic acids is 1. The summed E-state index contributed by atoms with van der Waals surface area (Å²) in [5, 5.41) is 3.32. The number of carbonyl (C=O) groups is 1. The van der Waals surface area contributed by atoms with Crippen molar-refractivity contribution in [3.05, 3.63) is 30.3 Å². The summed E-state index contributed by atoms with van der Waals surface area (Å²) in [7, 11) is 0. The number of rotatable bonds is 2. The molecule has 2 aromatic rings. The van der Waals surface area contributed by atoms with Gasteiger partial charge in [-0.05, 0) is 25.1 Å². The van der Waals surface area contributed by atoms with Gasteiger partial charge in [-0.15, -0.1) is 24.8 Å². The number of nitrogens with one attached hydrogen (secondary N) is 1. The van der Waals surface area contributed by atoms with Gasteiger partial charge in [-0.25, -0.2) is 4.98 Å². The highest BCUT2D eigenvalue weighted by molar-refractivity contribution is 5.97. The van der Waals surface area contributed by atoms with Crippen molar-refractivity contribution in [2.24, 2.45) is 0 Å². The first-order chi connectivity index (χ1) is 11.7. The van der Waals surface area contributed by atoms with Crippen molar-refractivity contribution in [2.75, 3.05) is 32.8 Å². The fraction of sp³-hybridized carbons (Fsp3) is 0.412. The highest BCUT2D eigenvalue weighted by Crippen LogP contribution is 2.35. The van der Waals surface area contributed by atoms with E-state index in [0.717, 1.165) is 12.1 Å². The number of fused-ring (bicyclic) bond motifs is 1. The first kappa shape index (κ1) is 20.4. The number of ether oxygens (including phenoxy) is 2. The lowest BCUT2D eigenvalue weighted by molar-refractivity contribution is 0.0704. The van der Waals surface area contributed by atoms with Crippen LogP contribution in [-0.4, -0.2) is 54.7 Å². The van der Waals surface area contributed by atoms with Gasteiger partial charge >= 0.3 is 0 Å². The fourth-order valence-corrected chi connectivity index (χ4v) is 3.05. The molecule has 142 valence electrons. The number of hydrogen-bond acceptors (Lipinski definition) is 6. The van der Waals surface area contributed by atoms with Gasteiger partial charge in [-0.3, -0.25) is 4.79 Å². The number of piperazine rings is 1. The summed E-state index contributed by atoms with van der Waals surface area (Å²) >= 11 is 0. The van der Waals surface area contributed by atoms with Crippen molar-refractivity contribution in [1.82, 2.24) is 15.2 Å². The molecular weight excluding hydrogens is 381 g/mol. The van der Waals surface area contributed by atoms with Crippen LogP contribution in [0, 0.1) is 0 Å². The van der Waals surface area contributed by atoms with Crippen molar-refractivity contribution in [2.45, 2.75) is 13.0 Å². The van der Waals surface area contributed by atoms with Crippen LogP contribution in [0.15, 0.2) is 29.0 Å². The zero-order valence-electron chi connectivity index (χ0n) is 14.3. The SMILES string of the molecule is CC1CN(C(=O)c2ncoc2-c2ccc3c(c2)OCCO3)CCN1.Cl.Cl. The maximum Gasteiger partial charge on any atom is 0.276 e. The minimum atomic E-state index is -0.109. The van der Waals surface area contributed by atoms with E-state index in [2.05, 4.69) is 17.2 Å². The molecule has 7 nitrogen and oxygen atoms in total. The minimum absolute atomic E-state index is 0. The molecule has 2 aliphatic rings. The standard InChI is InChI=1S/C17H19N3O4.2ClH/c1-11-9-20(5-4-18-11)17(21)15-16(24-10-19-15)12-2-3-13-14(8-12)23-7-6-22-13;;/h2-3,8,10-11,18H,4-7,9H2,1H3;2*1H. The van der Waals surface area contributed by atoms with Gasteiger partial charge in [0.25, 0.3) is 5.91 Å². The number of halogens is 2. The molecule has 26 heavy (non-hydrogen) atoms. The Morgan fingerprint density at radius 2 is 2.00 bits per heavy atom. The van der Waals surface area contributed by atoms with Crippen LogP contribution in [0.3, 0.4) is 0 Å². The molecule has 9 heteroatoms. The molecule has 0 saturated carbocycles. The van der Waals surface area contributed by atoms with Crippen LogP contribution < -0.4 is 14.8 Å². The van der Waals surface area contributed by atoms with Gasteiger partial charge in [0.1, 0.15) is 13.2 Å². The van der Waals surface area contributed by atoms with Crippen molar-refractivity contribution in [3.63, 3.8) is 0 Å². The maximum absolute atomic E-state index is 12.8. The average Bonchev–Trinajstić information content (AvgIpc) is 3.10. The Hall–Kier alpha value is -1.96. The summed E-state index contributed by atoms with van der Waals surface area (Å²) in [5.74, 6) is 1.71. The Balaban J connectivity index is 0.00000121. The van der Waals surface area contributed by atoms with Gasteiger partial charge in [0.2, 0.25) is 0 Å². The second-order valence-corrected chi connectivity index (χ2v) is 5.99. The predicted molar refractivity (Wildman–Crippen MR) is 101 cm³/mol. The lowest BCUT2D eigenvalue weighted by atomic mass is 10.1. The normalized spacial score (nSPS) is 18.5. The molecule has 4 rings (SSSR count). The average molecular weight is 402 g/mol. The maximum atomic E-state index is 12.8. The summed E-state index contributed by atoms with van der Waals surface area (Å²) in [6.45, 7) is 5.22. The van der Waals surface area contributed by atoms with Crippen LogP contribution >= 0.6 is 24.8 Å². The van der Waals surface area contributed by atoms with Gasteiger partial charge in [-0.1, -0.05) is 0 Å². The molecule has 1 atom stereocenters. The molecule has 1 fully saturated rings. The first-order valence-corrected chi connectivity index (χ1v) is 8.08. The topological polar surface area (TPSA) is 76.8 Å². The van der Waals surface area contributed by atoms with E-state index in [0.29, 0.717) is 49.3 Å². The van der Waals surface area contributed by atoms with Crippen molar-refractivity contribution < 1.29 is 18.7 Å². The van der Waals surface area contributed by atoms with Gasteiger partial charge in [0.05, 0.1) is 0 Å². The first-order valence-electron chi connectivity index (χ1n) is 8.08. The molecule has 0 spiro atoms. The summed E-state index contributed by atoms with van der Waals surface area (Å²) in [6.07, 6.45) is 1.31. The van der Waals surface area contributed by atoms with E-state index in [1.807, 2.05) is 18.2 Å². The molecule has 3 heterocycles. The van der Waals surface area contributed by atoms with E-state index in [1.54, 1.807) is 4.90 Å². The van der Waals surface area contributed by atoms with Crippen LogP contribution in [0.4, 0.5) is 0 Å². The van der Waals surface area contributed by atoms with Gasteiger partial charge in [-0.2, -0.15) is 0 Å². The lowest BCUT2D eigenvalue weighted by Crippen LogP contribution is -2.51. The number of aromatic nitrogens is 1. The Morgan fingerprint density at radius 1 is 1.23 bits per heavy atom. The molecular formula is C17H21Cl2N3O4.